The van der Waals surface area contributed by atoms with Crippen LogP contribution < -0.4 is 21.3 Å². The Bertz CT molecular complexity index is 762. The smallest absolute Gasteiger partial charge is 0.341 e. The zero-order valence-electron chi connectivity index (χ0n) is 17.2. The van der Waals surface area contributed by atoms with Crippen LogP contribution in [0.3, 0.4) is 0 Å². The van der Waals surface area contributed by atoms with E-state index in [0.717, 1.165) is 45.3 Å². The van der Waals surface area contributed by atoms with E-state index in [9.17, 15) is 9.59 Å². The van der Waals surface area contributed by atoms with Gasteiger partial charge in [-0.25, -0.2) is 10.3 Å². The van der Waals surface area contributed by atoms with Crippen molar-refractivity contribution >= 4 is 29.2 Å². The lowest BCUT2D eigenvalue weighted by atomic mass is 9.95. The monoisotopic (exact) mass is 439 g/mol. The third-order valence-corrected chi connectivity index (χ3v) is 6.33. The van der Waals surface area contributed by atoms with Gasteiger partial charge in [0.05, 0.1) is 23.4 Å². The average Bonchev–Trinajstić information content (AvgIpc) is 2.76. The predicted octanol–water partition coefficient (Wildman–Crippen LogP) is 1.94. The Morgan fingerprint density at radius 3 is 2.47 bits per heavy atom. The van der Waals surface area contributed by atoms with E-state index in [1.54, 1.807) is 22.5 Å². The van der Waals surface area contributed by atoms with Crippen LogP contribution in [0.4, 0.5) is 10.5 Å². The molecule has 0 saturated carbocycles. The highest BCUT2D eigenvalue weighted by atomic mass is 35.5. The van der Waals surface area contributed by atoms with Crippen molar-refractivity contribution in [2.45, 2.75) is 31.7 Å². The molecule has 2 saturated heterocycles. The molecule has 166 valence electrons. The fourth-order valence-electron chi connectivity index (χ4n) is 4.19. The van der Waals surface area contributed by atoms with E-state index in [-0.39, 0.29) is 11.9 Å². The number of rotatable bonds is 5. The van der Waals surface area contributed by atoms with Crippen LogP contribution in [0.25, 0.3) is 0 Å². The van der Waals surface area contributed by atoms with Gasteiger partial charge in [-0.1, -0.05) is 11.6 Å². The molecule has 2 heterocycles. The number of nitrogens with zero attached hydrogens (tertiary/aromatic N) is 2. The quantitative estimate of drug-likeness (QED) is 0.316. The number of carbonyl (C=O) groups excluding carboxylic acids is 2. The maximum absolute atomic E-state index is 12.7. The summed E-state index contributed by atoms with van der Waals surface area (Å²) in [6.45, 7) is 4.16. The SMILES string of the molecule is COc1cc(N)c(Cl)cc1C(=O)NC1CCN(CC2CCN(C(=O)NO)CC2)CC1. The fraction of sp³-hybridized carbons (Fsp3) is 0.600. The minimum atomic E-state index is -0.427. The summed E-state index contributed by atoms with van der Waals surface area (Å²) in [6, 6.07) is 2.78. The molecule has 0 aliphatic carbocycles. The van der Waals surface area contributed by atoms with E-state index in [0.29, 0.717) is 41.0 Å². The predicted molar refractivity (Wildman–Crippen MR) is 114 cm³/mol. The van der Waals surface area contributed by atoms with Gasteiger partial charge in [0.15, 0.2) is 0 Å². The van der Waals surface area contributed by atoms with Crippen LogP contribution >= 0.6 is 11.6 Å². The molecule has 2 fully saturated rings. The number of amides is 3. The maximum atomic E-state index is 12.7. The summed E-state index contributed by atoms with van der Waals surface area (Å²) >= 11 is 6.07. The number of benzene rings is 1. The van der Waals surface area contributed by atoms with Gasteiger partial charge >= 0.3 is 6.03 Å². The number of hydrogen-bond acceptors (Lipinski definition) is 6. The number of nitrogen functional groups attached to an aromatic ring is 1. The Morgan fingerprint density at radius 2 is 1.87 bits per heavy atom. The highest BCUT2D eigenvalue weighted by molar-refractivity contribution is 6.33. The van der Waals surface area contributed by atoms with Crippen LogP contribution in [0.2, 0.25) is 5.02 Å². The number of anilines is 1. The number of hydroxylamine groups is 1. The Hall–Kier alpha value is -2.23. The van der Waals surface area contributed by atoms with Crippen molar-refractivity contribution < 1.29 is 19.5 Å². The summed E-state index contributed by atoms with van der Waals surface area (Å²) < 4.78 is 5.27. The molecular weight excluding hydrogens is 410 g/mol. The summed E-state index contributed by atoms with van der Waals surface area (Å²) in [6.07, 6.45) is 3.62. The lowest BCUT2D eigenvalue weighted by Crippen LogP contribution is -2.48. The van der Waals surface area contributed by atoms with Crippen molar-refractivity contribution in [3.63, 3.8) is 0 Å². The Balaban J connectivity index is 1.45. The molecule has 0 aromatic heterocycles. The van der Waals surface area contributed by atoms with Crippen LogP contribution in [-0.2, 0) is 0 Å². The van der Waals surface area contributed by atoms with Gasteiger partial charge < -0.3 is 25.6 Å². The number of halogens is 1. The largest absolute Gasteiger partial charge is 0.496 e. The summed E-state index contributed by atoms with van der Waals surface area (Å²) in [4.78, 5) is 28.2. The van der Waals surface area contributed by atoms with Crippen LogP contribution in [0.5, 0.6) is 5.75 Å². The number of likely N-dealkylation sites (tertiary alicyclic amines) is 2. The summed E-state index contributed by atoms with van der Waals surface area (Å²) in [5.74, 6) is 0.745. The number of nitrogens with two attached hydrogens (primary N) is 1. The van der Waals surface area contributed by atoms with Crippen molar-refractivity contribution in [1.29, 1.82) is 0 Å². The highest BCUT2D eigenvalue weighted by Gasteiger charge is 2.27. The average molecular weight is 440 g/mol. The van der Waals surface area contributed by atoms with Gasteiger partial charge in [0.25, 0.3) is 5.91 Å². The van der Waals surface area contributed by atoms with Crippen LogP contribution in [-0.4, -0.2) is 72.8 Å². The number of nitrogens with one attached hydrogen (secondary N) is 2. The van der Waals surface area contributed by atoms with E-state index in [1.807, 2.05) is 0 Å². The van der Waals surface area contributed by atoms with Crippen molar-refractivity contribution in [2.75, 3.05) is 45.6 Å². The molecule has 30 heavy (non-hydrogen) atoms. The van der Waals surface area contributed by atoms with Gasteiger partial charge in [0, 0.05) is 44.8 Å². The van der Waals surface area contributed by atoms with Gasteiger partial charge in [-0.3, -0.25) is 10.0 Å². The number of ether oxygens (including phenoxy) is 1. The minimum Gasteiger partial charge on any atom is -0.496 e. The van der Waals surface area contributed by atoms with Gasteiger partial charge in [-0.15, -0.1) is 0 Å². The number of piperidine rings is 2. The first kappa shape index (κ1) is 22.5. The Labute approximate surface area is 181 Å². The fourth-order valence-corrected chi connectivity index (χ4v) is 4.36. The van der Waals surface area contributed by atoms with Gasteiger partial charge in [0.1, 0.15) is 5.75 Å². The van der Waals surface area contributed by atoms with Crippen molar-refractivity contribution in [1.82, 2.24) is 20.6 Å². The molecule has 0 radical (unpaired) electrons. The second-order valence-corrected chi connectivity index (χ2v) is 8.38. The van der Waals surface area contributed by atoms with Gasteiger partial charge in [-0.2, -0.15) is 0 Å². The normalized spacial score (nSPS) is 18.8. The van der Waals surface area contributed by atoms with Gasteiger partial charge in [-0.05, 0) is 37.7 Å². The summed E-state index contributed by atoms with van der Waals surface area (Å²) in [5, 5.41) is 12.1. The van der Waals surface area contributed by atoms with E-state index >= 15 is 0 Å². The Morgan fingerprint density at radius 1 is 1.20 bits per heavy atom. The molecule has 2 aliphatic heterocycles. The third kappa shape index (κ3) is 5.47. The molecule has 3 rings (SSSR count). The minimum absolute atomic E-state index is 0.102. The molecule has 9 nitrogen and oxygen atoms in total. The van der Waals surface area contributed by atoms with Crippen LogP contribution in [0.1, 0.15) is 36.0 Å². The first-order valence-corrected chi connectivity index (χ1v) is 10.6. The standard InChI is InChI=1S/C20H30ClN5O4/c1-30-18-11-17(22)16(21)10-15(18)19(27)23-14-4-6-25(7-5-14)12-13-2-8-26(9-3-13)20(28)24-29/h10-11,13-14,29H,2-9,12,22H2,1H3,(H,23,27)(H,24,28). The lowest BCUT2D eigenvalue weighted by Gasteiger charge is -2.37. The lowest BCUT2D eigenvalue weighted by molar-refractivity contribution is 0.0879. The number of methoxy groups -OCH3 is 1. The molecular formula is C20H30ClN5O4. The molecule has 0 bridgehead atoms. The van der Waals surface area contributed by atoms with E-state index in [4.69, 9.17) is 27.3 Å². The zero-order chi connectivity index (χ0) is 21.7. The van der Waals surface area contributed by atoms with Crippen molar-refractivity contribution in [3.8, 4) is 5.75 Å². The van der Waals surface area contributed by atoms with Crippen LogP contribution in [0, 0.1) is 5.92 Å². The second-order valence-electron chi connectivity index (χ2n) is 7.97. The first-order valence-electron chi connectivity index (χ1n) is 10.3. The second kappa shape index (κ2) is 10.2. The summed E-state index contributed by atoms with van der Waals surface area (Å²) in [5.41, 5.74) is 8.25. The van der Waals surface area contributed by atoms with Crippen LogP contribution in [0.15, 0.2) is 12.1 Å². The number of hydrogen-bond donors (Lipinski definition) is 4. The first-order chi connectivity index (χ1) is 14.4. The molecule has 1 aromatic carbocycles. The zero-order valence-corrected chi connectivity index (χ0v) is 18.0. The molecule has 5 N–H and O–H groups in total. The third-order valence-electron chi connectivity index (χ3n) is 6.00. The molecule has 10 heteroatoms. The summed E-state index contributed by atoms with van der Waals surface area (Å²) in [7, 11) is 1.50. The molecule has 3 amide bonds. The van der Waals surface area contributed by atoms with E-state index in [2.05, 4.69) is 10.2 Å². The molecule has 0 spiro atoms. The molecule has 0 unspecified atom stereocenters. The maximum Gasteiger partial charge on any atom is 0.341 e. The highest BCUT2D eigenvalue weighted by Crippen LogP contribution is 2.29. The molecule has 2 aliphatic rings. The van der Waals surface area contributed by atoms with Gasteiger partial charge in [0.2, 0.25) is 0 Å². The molecule has 1 aromatic rings. The van der Waals surface area contributed by atoms with E-state index < -0.39 is 6.03 Å². The topological polar surface area (TPSA) is 120 Å². The van der Waals surface area contributed by atoms with Crippen molar-refractivity contribution in [2.24, 2.45) is 5.92 Å². The molecule has 0 atom stereocenters. The van der Waals surface area contributed by atoms with E-state index in [1.165, 1.54) is 7.11 Å². The number of urea groups is 1. The van der Waals surface area contributed by atoms with Crippen molar-refractivity contribution in [3.05, 3.63) is 22.7 Å². The number of carbonyl (C=O) groups is 2. The Kier molecular flexibility index (Phi) is 7.63.